The molecule has 1 saturated carbocycles. The van der Waals surface area contributed by atoms with Crippen LogP contribution >= 0.6 is 0 Å². The minimum absolute atomic E-state index is 0.0787. The lowest BCUT2D eigenvalue weighted by molar-refractivity contribution is -0.384. The number of carboxylic acids is 1. The van der Waals surface area contributed by atoms with Crippen LogP contribution in [0.25, 0.3) is 0 Å². The summed E-state index contributed by atoms with van der Waals surface area (Å²) in [5.41, 5.74) is 0.262. The average Bonchev–Trinajstić information content (AvgIpc) is 3.23. The Hall–Kier alpha value is -2.44. The normalized spacial score (nSPS) is 13.8. The maximum absolute atomic E-state index is 12.3. The number of aliphatic carboxylic acids is 1. The molecule has 1 aliphatic carbocycles. The highest BCUT2D eigenvalue weighted by atomic mass is 16.6. The van der Waals surface area contributed by atoms with Crippen LogP contribution in [0.4, 0.5) is 5.69 Å². The Morgan fingerprint density at radius 3 is 2.35 bits per heavy atom. The molecule has 0 saturated heterocycles. The van der Waals surface area contributed by atoms with Crippen molar-refractivity contribution in [1.29, 1.82) is 0 Å². The first kappa shape index (κ1) is 14.0. The van der Waals surface area contributed by atoms with E-state index in [0.29, 0.717) is 5.56 Å². The molecule has 0 aromatic heterocycles. The number of carboxylic acid groups (broad SMARTS) is 1. The Kier molecular flexibility index (Phi) is 3.97. The van der Waals surface area contributed by atoms with Gasteiger partial charge in [-0.2, -0.15) is 0 Å². The van der Waals surface area contributed by atoms with Crippen molar-refractivity contribution in [3.8, 4) is 0 Å². The van der Waals surface area contributed by atoms with Crippen LogP contribution < -0.4 is 0 Å². The molecule has 0 bridgehead atoms. The van der Waals surface area contributed by atoms with Gasteiger partial charge in [-0.1, -0.05) is 0 Å². The highest BCUT2D eigenvalue weighted by Gasteiger charge is 2.33. The molecule has 1 fully saturated rings. The van der Waals surface area contributed by atoms with Gasteiger partial charge in [0.2, 0.25) is 0 Å². The largest absolute Gasteiger partial charge is 0.481 e. The summed E-state index contributed by atoms with van der Waals surface area (Å²) in [6.45, 7) is 0.163. The van der Waals surface area contributed by atoms with Gasteiger partial charge in [0.1, 0.15) is 0 Å². The van der Waals surface area contributed by atoms with E-state index in [4.69, 9.17) is 5.11 Å². The summed E-state index contributed by atoms with van der Waals surface area (Å²) in [6.07, 6.45) is 1.64. The Morgan fingerprint density at radius 2 is 1.90 bits per heavy atom. The fraction of sp³-hybridized carbons (Fsp3) is 0.385. The topological polar surface area (TPSA) is 101 Å². The molecule has 7 heteroatoms. The van der Waals surface area contributed by atoms with E-state index >= 15 is 0 Å². The number of hydrogen-bond acceptors (Lipinski definition) is 4. The van der Waals surface area contributed by atoms with Gasteiger partial charge in [0.25, 0.3) is 11.6 Å². The van der Waals surface area contributed by atoms with Crippen molar-refractivity contribution in [1.82, 2.24) is 4.90 Å². The van der Waals surface area contributed by atoms with Crippen molar-refractivity contribution in [3.05, 3.63) is 39.9 Å². The summed E-state index contributed by atoms with van der Waals surface area (Å²) >= 11 is 0. The molecule has 0 unspecified atom stereocenters. The van der Waals surface area contributed by atoms with E-state index in [-0.39, 0.29) is 30.6 Å². The van der Waals surface area contributed by atoms with Crippen LogP contribution in [0.5, 0.6) is 0 Å². The minimum Gasteiger partial charge on any atom is -0.481 e. The molecule has 1 amide bonds. The Morgan fingerprint density at radius 1 is 1.30 bits per heavy atom. The van der Waals surface area contributed by atoms with Crippen molar-refractivity contribution in [2.24, 2.45) is 0 Å². The van der Waals surface area contributed by atoms with Crippen LogP contribution in [0, 0.1) is 10.1 Å². The zero-order valence-electron chi connectivity index (χ0n) is 10.7. The first-order chi connectivity index (χ1) is 9.49. The number of carbonyl (C=O) groups is 2. The molecule has 0 atom stereocenters. The standard InChI is InChI=1S/C13H14N2O5/c16-12(17)7-8-14(10-5-6-10)13(18)9-1-3-11(4-2-9)15(19)20/h1-4,10H,5-8H2,(H,16,17). The first-order valence-corrected chi connectivity index (χ1v) is 6.26. The lowest BCUT2D eigenvalue weighted by Gasteiger charge is -2.21. The Bertz CT molecular complexity index is 536. The predicted molar refractivity (Wildman–Crippen MR) is 69.4 cm³/mol. The molecule has 1 aromatic rings. The molecule has 1 N–H and O–H groups in total. The fourth-order valence-corrected chi connectivity index (χ4v) is 1.94. The third-order valence-electron chi connectivity index (χ3n) is 3.14. The second kappa shape index (κ2) is 5.68. The molecule has 1 aliphatic rings. The second-order valence-corrected chi connectivity index (χ2v) is 4.68. The predicted octanol–water partition coefficient (Wildman–Crippen LogP) is 1.67. The van der Waals surface area contributed by atoms with Gasteiger partial charge in [0.05, 0.1) is 11.3 Å². The van der Waals surface area contributed by atoms with E-state index in [1.54, 1.807) is 0 Å². The molecule has 0 aliphatic heterocycles. The zero-order valence-corrected chi connectivity index (χ0v) is 10.7. The molecule has 0 heterocycles. The van der Waals surface area contributed by atoms with Crippen LogP contribution in [-0.4, -0.2) is 39.4 Å². The van der Waals surface area contributed by atoms with Crippen molar-refractivity contribution >= 4 is 17.6 Å². The number of amides is 1. The fourth-order valence-electron chi connectivity index (χ4n) is 1.94. The SMILES string of the molecule is O=C(O)CCN(C(=O)c1ccc([N+](=O)[O-])cc1)C1CC1. The highest BCUT2D eigenvalue weighted by molar-refractivity contribution is 5.95. The smallest absolute Gasteiger partial charge is 0.305 e. The number of rotatable bonds is 6. The van der Waals surface area contributed by atoms with Crippen LogP contribution in [0.2, 0.25) is 0 Å². The number of carbonyl (C=O) groups excluding carboxylic acids is 1. The lowest BCUT2D eigenvalue weighted by Crippen LogP contribution is -2.34. The summed E-state index contributed by atoms with van der Waals surface area (Å²) in [4.78, 5) is 34.5. The number of nitro benzene ring substituents is 1. The molecule has 0 radical (unpaired) electrons. The number of non-ortho nitro benzene ring substituents is 1. The minimum atomic E-state index is -0.952. The number of hydrogen-bond donors (Lipinski definition) is 1. The molecule has 20 heavy (non-hydrogen) atoms. The summed E-state index contributed by atoms with van der Waals surface area (Å²) in [7, 11) is 0. The van der Waals surface area contributed by atoms with E-state index in [0.717, 1.165) is 12.8 Å². The summed E-state index contributed by atoms with van der Waals surface area (Å²) < 4.78 is 0. The van der Waals surface area contributed by atoms with E-state index < -0.39 is 10.9 Å². The van der Waals surface area contributed by atoms with Crippen LogP contribution in [0.15, 0.2) is 24.3 Å². The summed E-state index contributed by atoms with van der Waals surface area (Å²) in [5.74, 6) is -1.23. The number of nitrogens with zero attached hydrogens (tertiary/aromatic N) is 2. The maximum atomic E-state index is 12.3. The summed E-state index contributed by atoms with van der Waals surface area (Å²) in [5, 5.41) is 19.3. The van der Waals surface area contributed by atoms with Gasteiger partial charge in [0.15, 0.2) is 0 Å². The van der Waals surface area contributed by atoms with E-state index in [9.17, 15) is 19.7 Å². The van der Waals surface area contributed by atoms with Gasteiger partial charge in [-0.05, 0) is 25.0 Å². The third-order valence-corrected chi connectivity index (χ3v) is 3.14. The zero-order chi connectivity index (χ0) is 14.7. The Labute approximate surface area is 115 Å². The van der Waals surface area contributed by atoms with Gasteiger partial charge >= 0.3 is 5.97 Å². The summed E-state index contributed by atoms with van der Waals surface area (Å²) in [6, 6.07) is 5.44. The molecular weight excluding hydrogens is 264 g/mol. The highest BCUT2D eigenvalue weighted by Crippen LogP contribution is 2.28. The van der Waals surface area contributed by atoms with E-state index in [1.165, 1.54) is 29.2 Å². The number of nitro groups is 1. The van der Waals surface area contributed by atoms with Crippen molar-refractivity contribution in [3.63, 3.8) is 0 Å². The van der Waals surface area contributed by atoms with Gasteiger partial charge < -0.3 is 10.0 Å². The maximum Gasteiger partial charge on any atom is 0.305 e. The van der Waals surface area contributed by atoms with Crippen molar-refractivity contribution in [2.75, 3.05) is 6.54 Å². The number of benzene rings is 1. The Balaban J connectivity index is 2.10. The molecule has 106 valence electrons. The van der Waals surface area contributed by atoms with Gasteiger partial charge in [-0.3, -0.25) is 19.7 Å². The molecule has 7 nitrogen and oxygen atoms in total. The van der Waals surface area contributed by atoms with Crippen LogP contribution in [0.1, 0.15) is 29.6 Å². The van der Waals surface area contributed by atoms with Crippen molar-refractivity contribution < 1.29 is 19.6 Å². The van der Waals surface area contributed by atoms with Crippen molar-refractivity contribution in [2.45, 2.75) is 25.3 Å². The quantitative estimate of drug-likeness (QED) is 0.630. The molecule has 1 aromatic carbocycles. The van der Waals surface area contributed by atoms with Gasteiger partial charge in [-0.15, -0.1) is 0 Å². The van der Waals surface area contributed by atoms with Crippen LogP contribution in [0.3, 0.4) is 0 Å². The van der Waals surface area contributed by atoms with Crippen LogP contribution in [-0.2, 0) is 4.79 Å². The third kappa shape index (κ3) is 3.31. The van der Waals surface area contributed by atoms with E-state index in [2.05, 4.69) is 0 Å². The molecule has 2 rings (SSSR count). The van der Waals surface area contributed by atoms with E-state index in [1.807, 2.05) is 0 Å². The average molecular weight is 278 g/mol. The van der Waals surface area contributed by atoms with Gasteiger partial charge in [0, 0.05) is 30.3 Å². The first-order valence-electron chi connectivity index (χ1n) is 6.26. The van der Waals surface area contributed by atoms with Gasteiger partial charge in [-0.25, -0.2) is 0 Å². The molecule has 0 spiro atoms. The monoisotopic (exact) mass is 278 g/mol. The molecular formula is C13H14N2O5. The lowest BCUT2D eigenvalue weighted by atomic mass is 10.1. The second-order valence-electron chi connectivity index (χ2n) is 4.68.